The molecule has 0 aliphatic rings. The maximum Gasteiger partial charge on any atom is 0.192 e. The Kier molecular flexibility index (Phi) is 4.13. The minimum absolute atomic E-state index is 0.0942. The van der Waals surface area contributed by atoms with Crippen molar-refractivity contribution in [2.75, 3.05) is 27.9 Å². The summed E-state index contributed by atoms with van der Waals surface area (Å²) in [6.45, 7) is -0.0942. The number of hydrogen-bond acceptors (Lipinski definition) is 5. The highest BCUT2D eigenvalue weighted by molar-refractivity contribution is 6.00. The fraction of sp³-hybridized carbons (Fsp3) is 0.364. The first kappa shape index (κ1) is 12.3. The maximum atomic E-state index is 11.6. The first-order valence-corrected chi connectivity index (χ1v) is 4.61. The van der Waals surface area contributed by atoms with E-state index in [-0.39, 0.29) is 23.7 Å². The number of phenolic OH excluding ortho intramolecular Hbond substituents is 1. The predicted octanol–water partition coefficient (Wildman–Crippen LogP) is 1.24. The van der Waals surface area contributed by atoms with Gasteiger partial charge in [0.1, 0.15) is 12.4 Å². The molecule has 16 heavy (non-hydrogen) atoms. The van der Waals surface area contributed by atoms with Crippen molar-refractivity contribution >= 4 is 5.78 Å². The van der Waals surface area contributed by atoms with Crippen LogP contribution in [0, 0.1) is 0 Å². The highest BCUT2D eigenvalue weighted by Crippen LogP contribution is 2.34. The van der Waals surface area contributed by atoms with E-state index >= 15 is 0 Å². The van der Waals surface area contributed by atoms with Gasteiger partial charge in [-0.2, -0.15) is 0 Å². The van der Waals surface area contributed by atoms with Gasteiger partial charge in [0.2, 0.25) is 0 Å². The van der Waals surface area contributed by atoms with Gasteiger partial charge in [-0.25, -0.2) is 0 Å². The predicted molar refractivity (Wildman–Crippen MR) is 57.4 cm³/mol. The van der Waals surface area contributed by atoms with Gasteiger partial charge < -0.3 is 19.3 Å². The lowest BCUT2D eigenvalue weighted by molar-refractivity contribution is 0.0845. The van der Waals surface area contributed by atoms with Crippen molar-refractivity contribution < 1.29 is 24.1 Å². The van der Waals surface area contributed by atoms with Gasteiger partial charge in [0.05, 0.1) is 19.8 Å². The summed E-state index contributed by atoms with van der Waals surface area (Å²) >= 11 is 0. The second-order valence-corrected chi connectivity index (χ2v) is 3.08. The van der Waals surface area contributed by atoms with Crippen molar-refractivity contribution in [3.8, 4) is 17.2 Å². The van der Waals surface area contributed by atoms with E-state index in [1.807, 2.05) is 0 Å². The van der Waals surface area contributed by atoms with Gasteiger partial charge in [0.15, 0.2) is 17.3 Å². The lowest BCUT2D eigenvalue weighted by Gasteiger charge is -2.10. The van der Waals surface area contributed by atoms with Gasteiger partial charge in [-0.3, -0.25) is 4.79 Å². The fourth-order valence-electron chi connectivity index (χ4n) is 1.30. The van der Waals surface area contributed by atoms with Crippen LogP contribution >= 0.6 is 0 Å². The molecule has 0 radical (unpaired) electrons. The molecule has 0 aliphatic carbocycles. The van der Waals surface area contributed by atoms with Gasteiger partial charge in [-0.15, -0.1) is 0 Å². The Hall–Kier alpha value is -1.75. The van der Waals surface area contributed by atoms with Crippen molar-refractivity contribution in [1.82, 2.24) is 0 Å². The molecule has 0 aliphatic heterocycles. The van der Waals surface area contributed by atoms with E-state index in [9.17, 15) is 9.90 Å². The van der Waals surface area contributed by atoms with Crippen molar-refractivity contribution in [3.63, 3.8) is 0 Å². The van der Waals surface area contributed by atoms with Crippen molar-refractivity contribution in [3.05, 3.63) is 17.7 Å². The number of hydrogen-bond donors (Lipinski definition) is 1. The van der Waals surface area contributed by atoms with E-state index in [2.05, 4.69) is 0 Å². The van der Waals surface area contributed by atoms with Crippen LogP contribution in [-0.4, -0.2) is 38.8 Å². The smallest absolute Gasteiger partial charge is 0.192 e. The zero-order valence-electron chi connectivity index (χ0n) is 9.44. The van der Waals surface area contributed by atoms with Crippen LogP contribution in [-0.2, 0) is 4.74 Å². The van der Waals surface area contributed by atoms with E-state index < -0.39 is 0 Å². The summed E-state index contributed by atoms with van der Waals surface area (Å²) < 4.78 is 14.7. The standard InChI is InChI=1S/C11H14O5/c1-14-6-9(13)7-4-10(15-2)11(16-3)5-8(7)12/h4-5,12H,6H2,1-3H3. The van der Waals surface area contributed by atoms with Crippen LogP contribution in [0.3, 0.4) is 0 Å². The molecule has 0 bridgehead atoms. The molecule has 0 aromatic heterocycles. The number of phenols is 1. The first-order valence-electron chi connectivity index (χ1n) is 4.61. The summed E-state index contributed by atoms with van der Waals surface area (Å²) in [7, 11) is 4.32. The SMILES string of the molecule is COCC(=O)c1cc(OC)c(OC)cc1O. The topological polar surface area (TPSA) is 65.0 Å². The average Bonchev–Trinajstić information content (AvgIpc) is 2.28. The quantitative estimate of drug-likeness (QED) is 0.765. The Balaban J connectivity index is 3.15. The zero-order valence-corrected chi connectivity index (χ0v) is 9.44. The lowest BCUT2D eigenvalue weighted by atomic mass is 10.1. The maximum absolute atomic E-state index is 11.6. The highest BCUT2D eigenvalue weighted by Gasteiger charge is 2.16. The van der Waals surface area contributed by atoms with Crippen LogP contribution in [0.15, 0.2) is 12.1 Å². The van der Waals surface area contributed by atoms with Crippen LogP contribution < -0.4 is 9.47 Å². The number of ketones is 1. The molecule has 88 valence electrons. The van der Waals surface area contributed by atoms with Crippen LogP contribution in [0.25, 0.3) is 0 Å². The third-order valence-corrected chi connectivity index (χ3v) is 2.08. The van der Waals surface area contributed by atoms with Crippen LogP contribution in [0.5, 0.6) is 17.2 Å². The molecular formula is C11H14O5. The van der Waals surface area contributed by atoms with E-state index in [0.29, 0.717) is 11.5 Å². The third-order valence-electron chi connectivity index (χ3n) is 2.08. The number of carbonyl (C=O) groups excluding carboxylic acids is 1. The molecule has 1 aromatic rings. The van der Waals surface area contributed by atoms with Crippen molar-refractivity contribution in [2.45, 2.75) is 0 Å². The highest BCUT2D eigenvalue weighted by atomic mass is 16.5. The summed E-state index contributed by atoms with van der Waals surface area (Å²) in [4.78, 5) is 11.6. The minimum atomic E-state index is -0.319. The second kappa shape index (κ2) is 5.37. The number of methoxy groups -OCH3 is 3. The number of rotatable bonds is 5. The number of aromatic hydroxyl groups is 1. The van der Waals surface area contributed by atoms with Crippen LogP contribution in [0.4, 0.5) is 0 Å². The molecule has 0 heterocycles. The van der Waals surface area contributed by atoms with Crippen molar-refractivity contribution in [1.29, 1.82) is 0 Å². The Labute approximate surface area is 93.6 Å². The largest absolute Gasteiger partial charge is 0.507 e. The molecule has 0 fully saturated rings. The second-order valence-electron chi connectivity index (χ2n) is 3.08. The Morgan fingerprint density at radius 1 is 1.19 bits per heavy atom. The van der Waals surface area contributed by atoms with Gasteiger partial charge in [0.25, 0.3) is 0 Å². The van der Waals surface area contributed by atoms with Crippen LogP contribution in [0.2, 0.25) is 0 Å². The summed E-state index contributed by atoms with van der Waals surface area (Å²) in [6.07, 6.45) is 0. The van der Waals surface area contributed by atoms with E-state index in [0.717, 1.165) is 0 Å². The van der Waals surface area contributed by atoms with Crippen molar-refractivity contribution in [2.24, 2.45) is 0 Å². The zero-order chi connectivity index (χ0) is 12.1. The molecule has 5 nitrogen and oxygen atoms in total. The first-order chi connectivity index (χ1) is 7.63. The molecule has 1 N–H and O–H groups in total. The average molecular weight is 226 g/mol. The molecular weight excluding hydrogens is 212 g/mol. The van der Waals surface area contributed by atoms with Gasteiger partial charge in [-0.05, 0) is 6.07 Å². The number of ether oxygens (including phenoxy) is 3. The Morgan fingerprint density at radius 3 is 2.25 bits per heavy atom. The Morgan fingerprint density at radius 2 is 1.75 bits per heavy atom. The molecule has 0 atom stereocenters. The summed E-state index contributed by atoms with van der Waals surface area (Å²) in [5, 5.41) is 9.63. The molecule has 1 rings (SSSR count). The molecule has 0 saturated heterocycles. The lowest BCUT2D eigenvalue weighted by Crippen LogP contribution is -2.07. The minimum Gasteiger partial charge on any atom is -0.507 e. The van der Waals surface area contributed by atoms with E-state index in [1.165, 1.54) is 33.5 Å². The molecule has 0 amide bonds. The van der Waals surface area contributed by atoms with Gasteiger partial charge >= 0.3 is 0 Å². The molecule has 0 saturated carbocycles. The fourth-order valence-corrected chi connectivity index (χ4v) is 1.30. The molecule has 0 spiro atoms. The molecule has 1 aromatic carbocycles. The number of benzene rings is 1. The number of carbonyl (C=O) groups is 1. The monoisotopic (exact) mass is 226 g/mol. The summed E-state index contributed by atoms with van der Waals surface area (Å²) in [5.41, 5.74) is 0.152. The number of Topliss-reactive ketones (excluding diaryl/α,β-unsaturated/α-hetero) is 1. The third kappa shape index (κ3) is 2.43. The van der Waals surface area contributed by atoms with E-state index in [1.54, 1.807) is 0 Å². The van der Waals surface area contributed by atoms with E-state index in [4.69, 9.17) is 14.2 Å². The van der Waals surface area contributed by atoms with Gasteiger partial charge in [0, 0.05) is 13.2 Å². The summed E-state index contributed by atoms with van der Waals surface area (Å²) in [5.74, 6) is 0.286. The normalized spacial score (nSPS) is 9.94. The summed E-state index contributed by atoms with van der Waals surface area (Å²) in [6, 6.07) is 2.76. The molecule has 0 unspecified atom stereocenters. The molecule has 5 heteroatoms. The van der Waals surface area contributed by atoms with Gasteiger partial charge in [-0.1, -0.05) is 0 Å². The Bertz CT molecular complexity index is 386. The van der Waals surface area contributed by atoms with Crippen LogP contribution in [0.1, 0.15) is 10.4 Å².